The fourth-order valence-corrected chi connectivity index (χ4v) is 3.53. The van der Waals surface area contributed by atoms with Gasteiger partial charge in [-0.1, -0.05) is 36.4 Å². The van der Waals surface area contributed by atoms with E-state index >= 15 is 0 Å². The lowest BCUT2D eigenvalue weighted by atomic mass is 10.2. The summed E-state index contributed by atoms with van der Waals surface area (Å²) in [6, 6.07) is 22.7. The van der Waals surface area contributed by atoms with Gasteiger partial charge in [-0.25, -0.2) is 0 Å². The quantitative estimate of drug-likeness (QED) is 0.607. The predicted octanol–water partition coefficient (Wildman–Crippen LogP) is 5.08. The Hall–Kier alpha value is -3.12. The van der Waals surface area contributed by atoms with Gasteiger partial charge in [-0.3, -0.25) is 4.79 Å². The molecule has 1 amide bonds. The van der Waals surface area contributed by atoms with Crippen LogP contribution in [0.3, 0.4) is 0 Å². The molecule has 3 aromatic rings. The highest BCUT2D eigenvalue weighted by atomic mass is 32.2. The van der Waals surface area contributed by atoms with Crippen LogP contribution in [0.5, 0.6) is 23.0 Å². The standard InChI is InChI=1S/C22H19NO4S/c24-22(14-28-13-16-10-11-20-21(12-16)26-15-25-20)23-18-8-4-5-9-19(18)27-17-6-2-1-3-7-17/h1-12H,13-15H2,(H,23,24). The smallest absolute Gasteiger partial charge is 0.234 e. The molecule has 1 aliphatic rings. The number of fused-ring (bicyclic) bond motifs is 1. The normalized spacial score (nSPS) is 11.9. The first kappa shape index (κ1) is 18.3. The molecule has 4 rings (SSSR count). The van der Waals surface area contributed by atoms with Crippen molar-refractivity contribution in [2.45, 2.75) is 5.75 Å². The molecule has 28 heavy (non-hydrogen) atoms. The van der Waals surface area contributed by atoms with Crippen LogP contribution in [-0.4, -0.2) is 18.5 Å². The second kappa shape index (κ2) is 8.71. The van der Waals surface area contributed by atoms with Crippen molar-refractivity contribution < 1.29 is 19.0 Å². The molecule has 6 heteroatoms. The molecule has 0 aliphatic carbocycles. The lowest BCUT2D eigenvalue weighted by molar-refractivity contribution is -0.113. The van der Waals surface area contributed by atoms with Crippen molar-refractivity contribution in [3.05, 3.63) is 78.4 Å². The average Bonchev–Trinajstić information content (AvgIpc) is 3.18. The molecule has 0 spiro atoms. The van der Waals surface area contributed by atoms with Gasteiger partial charge in [0, 0.05) is 5.75 Å². The van der Waals surface area contributed by atoms with Crippen LogP contribution >= 0.6 is 11.8 Å². The molecule has 0 radical (unpaired) electrons. The number of carbonyl (C=O) groups is 1. The summed E-state index contributed by atoms with van der Waals surface area (Å²) in [6.45, 7) is 0.263. The van der Waals surface area contributed by atoms with Gasteiger partial charge in [0.05, 0.1) is 11.4 Å². The van der Waals surface area contributed by atoms with Gasteiger partial charge in [-0.05, 0) is 42.0 Å². The highest BCUT2D eigenvalue weighted by Crippen LogP contribution is 2.33. The Labute approximate surface area is 167 Å². The maximum Gasteiger partial charge on any atom is 0.234 e. The average molecular weight is 393 g/mol. The lowest BCUT2D eigenvalue weighted by Crippen LogP contribution is -2.14. The Morgan fingerprint density at radius 2 is 1.75 bits per heavy atom. The van der Waals surface area contributed by atoms with E-state index in [0.717, 1.165) is 22.8 Å². The number of thioether (sulfide) groups is 1. The molecule has 0 saturated carbocycles. The van der Waals surface area contributed by atoms with Crippen molar-refractivity contribution in [3.63, 3.8) is 0 Å². The summed E-state index contributed by atoms with van der Waals surface area (Å²) in [7, 11) is 0. The van der Waals surface area contributed by atoms with Crippen molar-refractivity contribution in [3.8, 4) is 23.0 Å². The second-order valence-electron chi connectivity index (χ2n) is 6.14. The monoisotopic (exact) mass is 393 g/mol. The van der Waals surface area contributed by atoms with Gasteiger partial charge in [0.15, 0.2) is 17.2 Å². The van der Waals surface area contributed by atoms with E-state index in [1.807, 2.05) is 72.8 Å². The minimum atomic E-state index is -0.0742. The number of anilines is 1. The largest absolute Gasteiger partial charge is 0.455 e. The van der Waals surface area contributed by atoms with Crippen molar-refractivity contribution in [1.29, 1.82) is 0 Å². The summed E-state index contributed by atoms with van der Waals surface area (Å²) in [5.74, 6) is 3.84. The summed E-state index contributed by atoms with van der Waals surface area (Å²) in [4.78, 5) is 12.4. The van der Waals surface area contributed by atoms with Gasteiger partial charge in [-0.15, -0.1) is 11.8 Å². The molecule has 0 bridgehead atoms. The number of hydrogen-bond donors (Lipinski definition) is 1. The Morgan fingerprint density at radius 1 is 0.964 bits per heavy atom. The fourth-order valence-electron chi connectivity index (χ4n) is 2.75. The number of nitrogens with one attached hydrogen (secondary N) is 1. The zero-order chi connectivity index (χ0) is 19.2. The maximum absolute atomic E-state index is 12.4. The molecule has 1 heterocycles. The number of amides is 1. The van der Waals surface area contributed by atoms with Crippen LogP contribution in [-0.2, 0) is 10.5 Å². The van der Waals surface area contributed by atoms with E-state index in [-0.39, 0.29) is 12.7 Å². The molecule has 0 aromatic heterocycles. The van der Waals surface area contributed by atoms with E-state index in [2.05, 4.69) is 5.32 Å². The van der Waals surface area contributed by atoms with E-state index < -0.39 is 0 Å². The summed E-state index contributed by atoms with van der Waals surface area (Å²) in [6.07, 6.45) is 0. The minimum Gasteiger partial charge on any atom is -0.455 e. The van der Waals surface area contributed by atoms with Crippen molar-refractivity contribution in [1.82, 2.24) is 0 Å². The van der Waals surface area contributed by atoms with Gasteiger partial charge in [0.2, 0.25) is 12.7 Å². The fraction of sp³-hybridized carbons (Fsp3) is 0.136. The zero-order valence-corrected chi connectivity index (χ0v) is 15.9. The van der Waals surface area contributed by atoms with E-state index in [9.17, 15) is 4.79 Å². The summed E-state index contributed by atoms with van der Waals surface area (Å²) in [5, 5.41) is 2.93. The number of hydrogen-bond acceptors (Lipinski definition) is 5. The van der Waals surface area contributed by atoms with Gasteiger partial charge in [0.1, 0.15) is 5.75 Å². The summed E-state index contributed by atoms with van der Waals surface area (Å²) in [5.41, 5.74) is 1.75. The Morgan fingerprint density at radius 3 is 2.64 bits per heavy atom. The van der Waals surface area contributed by atoms with Gasteiger partial charge >= 0.3 is 0 Å². The third-order valence-corrected chi connectivity index (χ3v) is 5.07. The lowest BCUT2D eigenvalue weighted by Gasteiger charge is -2.12. The van der Waals surface area contributed by atoms with Crippen LogP contribution in [0.4, 0.5) is 5.69 Å². The topological polar surface area (TPSA) is 56.8 Å². The van der Waals surface area contributed by atoms with Crippen LogP contribution in [0.25, 0.3) is 0 Å². The Balaban J connectivity index is 1.31. The summed E-state index contributed by atoms with van der Waals surface area (Å²) >= 11 is 1.54. The molecule has 5 nitrogen and oxygen atoms in total. The molecule has 0 fully saturated rings. The molecule has 0 saturated heterocycles. The van der Waals surface area contributed by atoms with Crippen molar-refractivity contribution in [2.24, 2.45) is 0 Å². The third kappa shape index (κ3) is 4.58. The number of carbonyl (C=O) groups excluding carboxylic acids is 1. The van der Waals surface area contributed by atoms with E-state index in [1.165, 1.54) is 11.8 Å². The van der Waals surface area contributed by atoms with E-state index in [0.29, 0.717) is 22.9 Å². The van der Waals surface area contributed by atoms with Crippen LogP contribution in [0.15, 0.2) is 72.8 Å². The third-order valence-electron chi connectivity index (χ3n) is 4.07. The summed E-state index contributed by atoms with van der Waals surface area (Å²) < 4.78 is 16.6. The van der Waals surface area contributed by atoms with Crippen LogP contribution in [0.2, 0.25) is 0 Å². The minimum absolute atomic E-state index is 0.0742. The van der Waals surface area contributed by atoms with Crippen LogP contribution in [0, 0.1) is 0 Å². The highest BCUT2D eigenvalue weighted by Gasteiger charge is 2.13. The molecule has 0 unspecified atom stereocenters. The number of para-hydroxylation sites is 3. The van der Waals surface area contributed by atoms with Gasteiger partial charge in [-0.2, -0.15) is 0 Å². The van der Waals surface area contributed by atoms with E-state index in [1.54, 1.807) is 0 Å². The van der Waals surface area contributed by atoms with Gasteiger partial charge in [0.25, 0.3) is 0 Å². The zero-order valence-electron chi connectivity index (χ0n) is 15.1. The second-order valence-corrected chi connectivity index (χ2v) is 7.13. The Kier molecular flexibility index (Phi) is 5.68. The molecule has 1 aliphatic heterocycles. The molecule has 0 atom stereocenters. The Bertz CT molecular complexity index is 962. The van der Waals surface area contributed by atoms with E-state index in [4.69, 9.17) is 14.2 Å². The molecule has 142 valence electrons. The van der Waals surface area contributed by atoms with Crippen LogP contribution < -0.4 is 19.5 Å². The number of rotatable bonds is 7. The maximum atomic E-state index is 12.4. The molecule has 3 aromatic carbocycles. The van der Waals surface area contributed by atoms with Gasteiger partial charge < -0.3 is 19.5 Å². The number of ether oxygens (including phenoxy) is 3. The molecular formula is C22H19NO4S. The number of benzene rings is 3. The first-order valence-electron chi connectivity index (χ1n) is 8.86. The molecular weight excluding hydrogens is 374 g/mol. The SMILES string of the molecule is O=C(CSCc1ccc2c(c1)OCO2)Nc1ccccc1Oc1ccccc1. The molecule has 1 N–H and O–H groups in total. The van der Waals surface area contributed by atoms with Crippen LogP contribution in [0.1, 0.15) is 5.56 Å². The first-order valence-corrected chi connectivity index (χ1v) is 10.0. The van der Waals surface area contributed by atoms with Crippen molar-refractivity contribution in [2.75, 3.05) is 17.9 Å². The van der Waals surface area contributed by atoms with Crippen molar-refractivity contribution >= 4 is 23.4 Å². The first-order chi connectivity index (χ1) is 13.8. The highest BCUT2D eigenvalue weighted by molar-refractivity contribution is 7.99. The predicted molar refractivity (Wildman–Crippen MR) is 110 cm³/mol.